The lowest BCUT2D eigenvalue weighted by Gasteiger charge is -2.08. The molecule has 0 spiro atoms. The minimum absolute atomic E-state index is 0.418. The summed E-state index contributed by atoms with van der Waals surface area (Å²) in [5.74, 6) is 0. The number of unbranched alkanes of at least 4 members (excludes halogenated alkanes) is 2. The lowest BCUT2D eigenvalue weighted by molar-refractivity contribution is -0.531. The summed E-state index contributed by atoms with van der Waals surface area (Å²) in [5.41, 5.74) is 9.27. The molecular formula is C9H17N2. The fraction of sp³-hybridized carbons (Fsp3) is 0.889. The first kappa shape index (κ1) is 8.69. The van der Waals surface area contributed by atoms with Gasteiger partial charge < -0.3 is 10.2 Å². The summed E-state index contributed by atoms with van der Waals surface area (Å²) in [7, 11) is 0. The van der Waals surface area contributed by atoms with E-state index < -0.39 is 0 Å². The van der Waals surface area contributed by atoms with Crippen LogP contribution in [0.3, 0.4) is 0 Å². The van der Waals surface area contributed by atoms with Crippen molar-refractivity contribution in [1.82, 2.24) is 0 Å². The topological polar surface area (TPSA) is 25.3 Å². The number of nitrogens with zero attached hydrogens (tertiary/aromatic N) is 2. The third kappa shape index (κ3) is 2.60. The van der Waals surface area contributed by atoms with E-state index in [1.165, 1.54) is 24.0 Å². The van der Waals surface area contributed by atoms with Gasteiger partial charge in [0.25, 0.3) is 0 Å². The Morgan fingerprint density at radius 3 is 2.91 bits per heavy atom. The van der Waals surface area contributed by atoms with Gasteiger partial charge in [-0.25, -0.2) is 0 Å². The maximum absolute atomic E-state index is 9.27. The van der Waals surface area contributed by atoms with Gasteiger partial charge in [-0.15, -0.1) is 0 Å². The minimum Gasteiger partial charge on any atom is -0.506 e. The van der Waals surface area contributed by atoms with Crippen molar-refractivity contribution in [2.75, 3.05) is 0 Å². The summed E-state index contributed by atoms with van der Waals surface area (Å²) < 4.78 is 1.40. The van der Waals surface area contributed by atoms with Crippen LogP contribution in [-0.4, -0.2) is 10.7 Å². The fourth-order valence-electron chi connectivity index (χ4n) is 1.59. The van der Waals surface area contributed by atoms with Crippen molar-refractivity contribution >= 4 is 0 Å². The van der Waals surface area contributed by atoms with Crippen molar-refractivity contribution in [3.8, 4) is 0 Å². The molecule has 0 bridgehead atoms. The van der Waals surface area contributed by atoms with Gasteiger partial charge in [0.15, 0.2) is 0 Å². The average Bonchev–Trinajstić information content (AvgIpc) is 2.37. The molecule has 1 fully saturated rings. The second kappa shape index (κ2) is 4.47. The Balaban J connectivity index is 2.10. The monoisotopic (exact) mass is 153 g/mol. The standard InChI is InChI=1S/C9H17N2/c1-2-3-4-6-9-7-5-8-11(9)10/h8-9H,2-7H2,1H3. The van der Waals surface area contributed by atoms with Crippen molar-refractivity contribution in [1.29, 1.82) is 0 Å². The molecule has 0 aliphatic carbocycles. The van der Waals surface area contributed by atoms with Crippen LogP contribution >= 0.6 is 0 Å². The molecule has 1 heterocycles. The Morgan fingerprint density at radius 2 is 2.36 bits per heavy atom. The van der Waals surface area contributed by atoms with Crippen LogP contribution in [0, 0.1) is 6.54 Å². The first-order valence-corrected chi connectivity index (χ1v) is 4.65. The summed E-state index contributed by atoms with van der Waals surface area (Å²) in [4.78, 5) is 0. The predicted molar refractivity (Wildman–Crippen MR) is 45.1 cm³/mol. The molecule has 0 aromatic rings. The zero-order valence-corrected chi connectivity index (χ0v) is 7.29. The highest BCUT2D eigenvalue weighted by Crippen LogP contribution is 2.20. The van der Waals surface area contributed by atoms with E-state index in [9.17, 15) is 5.53 Å². The highest BCUT2D eigenvalue weighted by atomic mass is 15.2. The van der Waals surface area contributed by atoms with Gasteiger partial charge in [-0.05, 0) is 6.42 Å². The molecule has 1 radical (unpaired) electrons. The van der Waals surface area contributed by atoms with E-state index in [4.69, 9.17) is 0 Å². The van der Waals surface area contributed by atoms with Crippen molar-refractivity contribution in [2.45, 2.75) is 51.5 Å². The predicted octanol–water partition coefficient (Wildman–Crippen LogP) is 2.92. The van der Waals surface area contributed by atoms with Crippen molar-refractivity contribution in [2.24, 2.45) is 0 Å². The molecule has 0 amide bonds. The SMILES string of the molecule is CCCCCC1CC[CH][N+]1=[N-]. The van der Waals surface area contributed by atoms with Crippen LogP contribution in [0.25, 0.3) is 5.53 Å². The zero-order valence-electron chi connectivity index (χ0n) is 7.29. The van der Waals surface area contributed by atoms with Crippen LogP contribution in [0.4, 0.5) is 0 Å². The minimum atomic E-state index is 0.418. The zero-order chi connectivity index (χ0) is 8.10. The Labute approximate surface area is 69.1 Å². The smallest absolute Gasteiger partial charge is 0.202 e. The molecule has 0 aromatic heterocycles. The Hall–Kier alpha value is -0.400. The molecule has 0 N–H and O–H groups in total. The highest BCUT2D eigenvalue weighted by molar-refractivity contribution is 4.68. The van der Waals surface area contributed by atoms with E-state index in [2.05, 4.69) is 6.92 Å². The molecule has 0 aromatic carbocycles. The molecule has 2 heteroatoms. The first-order chi connectivity index (χ1) is 5.34. The van der Waals surface area contributed by atoms with Gasteiger partial charge in [-0.3, -0.25) is 0 Å². The van der Waals surface area contributed by atoms with E-state index in [-0.39, 0.29) is 0 Å². The molecule has 63 valence electrons. The Morgan fingerprint density at radius 1 is 1.55 bits per heavy atom. The van der Waals surface area contributed by atoms with Crippen LogP contribution in [0.2, 0.25) is 0 Å². The summed E-state index contributed by atoms with van der Waals surface area (Å²) in [6.45, 7) is 4.09. The summed E-state index contributed by atoms with van der Waals surface area (Å²) in [5, 5.41) is 0. The molecule has 1 unspecified atom stereocenters. The molecule has 1 aliphatic rings. The van der Waals surface area contributed by atoms with Crippen molar-refractivity contribution in [3.05, 3.63) is 12.1 Å². The van der Waals surface area contributed by atoms with Crippen LogP contribution in [-0.2, 0) is 0 Å². The number of rotatable bonds is 4. The quantitative estimate of drug-likeness (QED) is 0.438. The second-order valence-corrected chi connectivity index (χ2v) is 3.29. The summed E-state index contributed by atoms with van der Waals surface area (Å²) in [6.07, 6.45) is 7.16. The molecule has 0 saturated carbocycles. The average molecular weight is 153 g/mol. The lowest BCUT2D eigenvalue weighted by Crippen LogP contribution is -2.13. The van der Waals surface area contributed by atoms with Crippen molar-refractivity contribution in [3.63, 3.8) is 0 Å². The van der Waals surface area contributed by atoms with Crippen LogP contribution in [0.1, 0.15) is 45.4 Å². The Bertz CT molecular complexity index is 132. The van der Waals surface area contributed by atoms with E-state index >= 15 is 0 Å². The van der Waals surface area contributed by atoms with E-state index in [0.717, 1.165) is 19.3 Å². The largest absolute Gasteiger partial charge is 0.506 e. The van der Waals surface area contributed by atoms with Gasteiger partial charge in [-0.2, -0.15) is 0 Å². The molecular weight excluding hydrogens is 136 g/mol. The van der Waals surface area contributed by atoms with Gasteiger partial charge in [0, 0.05) is 19.3 Å². The Kier molecular flexibility index (Phi) is 3.53. The number of hydrogen-bond donors (Lipinski definition) is 0. The van der Waals surface area contributed by atoms with Gasteiger partial charge in [0.1, 0.15) is 6.04 Å². The second-order valence-electron chi connectivity index (χ2n) is 3.29. The van der Waals surface area contributed by atoms with Gasteiger partial charge in [0.2, 0.25) is 6.54 Å². The van der Waals surface area contributed by atoms with Gasteiger partial charge in [-0.1, -0.05) is 19.8 Å². The van der Waals surface area contributed by atoms with Crippen LogP contribution in [0.5, 0.6) is 0 Å². The fourth-order valence-corrected chi connectivity index (χ4v) is 1.59. The van der Waals surface area contributed by atoms with Gasteiger partial charge >= 0.3 is 0 Å². The van der Waals surface area contributed by atoms with E-state index in [1.807, 2.05) is 6.54 Å². The third-order valence-corrected chi connectivity index (χ3v) is 2.33. The van der Waals surface area contributed by atoms with Crippen LogP contribution < -0.4 is 0 Å². The van der Waals surface area contributed by atoms with Crippen LogP contribution in [0.15, 0.2) is 0 Å². The van der Waals surface area contributed by atoms with E-state index in [0.29, 0.717) is 6.04 Å². The highest BCUT2D eigenvalue weighted by Gasteiger charge is 2.22. The molecule has 1 rings (SSSR count). The molecule has 1 saturated heterocycles. The lowest BCUT2D eigenvalue weighted by atomic mass is 10.1. The maximum atomic E-state index is 9.27. The molecule has 1 atom stereocenters. The first-order valence-electron chi connectivity index (χ1n) is 4.65. The summed E-state index contributed by atoms with van der Waals surface area (Å²) >= 11 is 0. The third-order valence-electron chi connectivity index (χ3n) is 2.33. The van der Waals surface area contributed by atoms with E-state index in [1.54, 1.807) is 0 Å². The normalized spacial score (nSPS) is 24.5. The maximum Gasteiger partial charge on any atom is 0.202 e. The van der Waals surface area contributed by atoms with Gasteiger partial charge in [0.05, 0.1) is 0 Å². The molecule has 11 heavy (non-hydrogen) atoms. The molecule has 2 nitrogen and oxygen atoms in total. The number of hydrogen-bond acceptors (Lipinski definition) is 0. The molecule has 1 aliphatic heterocycles. The van der Waals surface area contributed by atoms with Crippen molar-refractivity contribution < 1.29 is 4.70 Å². The summed E-state index contributed by atoms with van der Waals surface area (Å²) in [6, 6.07) is 0.418.